The molecule has 0 aliphatic carbocycles. The fourth-order valence-corrected chi connectivity index (χ4v) is 8.82. The number of hydrogen-bond donors (Lipinski definition) is 4. The first-order chi connectivity index (χ1) is 31.0. The number of allylic oxidation sites excluding steroid dienone is 5. The van der Waals surface area contributed by atoms with E-state index in [0.29, 0.717) is 6.42 Å². The average Bonchev–Trinajstić information content (AvgIpc) is 3.28. The normalized spacial score (nSPS) is 13.5. The topological polar surface area (TPSA) is 89.8 Å². The lowest BCUT2D eigenvalue weighted by Gasteiger charge is -2.21. The molecule has 0 aromatic heterocycles. The van der Waals surface area contributed by atoms with E-state index in [1.807, 2.05) is 6.08 Å². The highest BCUT2D eigenvalue weighted by molar-refractivity contribution is 5.76. The van der Waals surface area contributed by atoms with E-state index < -0.39 is 18.2 Å². The Labute approximate surface area is 394 Å². The van der Waals surface area contributed by atoms with Crippen LogP contribution in [0.3, 0.4) is 0 Å². The third kappa shape index (κ3) is 49.8. The van der Waals surface area contributed by atoms with Gasteiger partial charge in [-0.05, 0) is 57.8 Å². The Kier molecular flexibility index (Phi) is 52.0. The summed E-state index contributed by atoms with van der Waals surface area (Å²) in [6, 6.07) is -0.760. The van der Waals surface area contributed by atoms with Gasteiger partial charge < -0.3 is 20.6 Å². The Morgan fingerprint density at radius 1 is 0.397 bits per heavy atom. The zero-order valence-corrected chi connectivity index (χ0v) is 42.5. The molecule has 3 unspecified atom stereocenters. The molecule has 0 radical (unpaired) electrons. The van der Waals surface area contributed by atoms with Crippen LogP contribution in [0.4, 0.5) is 0 Å². The largest absolute Gasteiger partial charge is 0.394 e. The maximum absolute atomic E-state index is 12.5. The number of aliphatic hydroxyl groups excluding tert-OH is 3. The molecule has 372 valence electrons. The smallest absolute Gasteiger partial charge is 0.222 e. The number of unbranched alkanes of at least 4 members (excludes halogenated alkanes) is 39. The van der Waals surface area contributed by atoms with E-state index in [9.17, 15) is 20.1 Å². The van der Waals surface area contributed by atoms with E-state index in [2.05, 4.69) is 43.5 Å². The second-order valence-electron chi connectivity index (χ2n) is 19.5. The van der Waals surface area contributed by atoms with E-state index in [4.69, 9.17) is 0 Å². The lowest BCUT2D eigenvalue weighted by Crippen LogP contribution is -2.45. The average molecular weight is 887 g/mol. The molecule has 0 saturated carbocycles. The fourth-order valence-electron chi connectivity index (χ4n) is 8.82. The van der Waals surface area contributed by atoms with Crippen molar-refractivity contribution < 1.29 is 20.1 Å². The van der Waals surface area contributed by atoms with Crippen LogP contribution in [0.5, 0.6) is 0 Å². The zero-order chi connectivity index (χ0) is 45.8. The van der Waals surface area contributed by atoms with Crippen molar-refractivity contribution in [3.8, 4) is 0 Å². The maximum Gasteiger partial charge on any atom is 0.222 e. The van der Waals surface area contributed by atoms with Gasteiger partial charge in [0.05, 0.1) is 31.3 Å². The number of carbonyl (C=O) groups excluding carboxylic acids is 1. The van der Waals surface area contributed by atoms with Crippen LogP contribution >= 0.6 is 0 Å². The van der Waals surface area contributed by atoms with Gasteiger partial charge in [0, 0.05) is 0 Å². The van der Waals surface area contributed by atoms with E-state index in [1.165, 1.54) is 244 Å². The first kappa shape index (κ1) is 61.6. The van der Waals surface area contributed by atoms with Gasteiger partial charge in [0.15, 0.2) is 0 Å². The maximum atomic E-state index is 12.5. The monoisotopic (exact) mass is 886 g/mol. The predicted molar refractivity (Wildman–Crippen MR) is 278 cm³/mol. The fraction of sp³-hybridized carbons (Fsp3) is 0.879. The highest BCUT2D eigenvalue weighted by Crippen LogP contribution is 2.17. The molecule has 5 nitrogen and oxygen atoms in total. The van der Waals surface area contributed by atoms with Crippen molar-refractivity contribution in [3.63, 3.8) is 0 Å². The van der Waals surface area contributed by atoms with Crippen LogP contribution in [-0.2, 0) is 4.79 Å². The number of carbonyl (C=O) groups is 1. The van der Waals surface area contributed by atoms with Crippen molar-refractivity contribution in [2.45, 2.75) is 321 Å². The van der Waals surface area contributed by atoms with Gasteiger partial charge in [0.1, 0.15) is 0 Å². The number of hydrogen-bond acceptors (Lipinski definition) is 4. The standard InChI is InChI=1S/C58H111NO4/c1-3-5-7-9-11-13-15-17-19-21-22-23-24-25-26-27-28-29-30-31-32-33-34-36-37-39-41-43-45-47-49-51-55(61)53-58(63)59-56(54-60)57(62)52-50-48-46-44-42-40-38-35-20-18-16-14-12-10-8-6-4-2/h25-26,42,44,50,52,55-57,60-62H,3-24,27-41,43,45-49,51,53-54H2,1-2H3,(H,59,63)/b26-25-,44-42+,52-50+. The second kappa shape index (κ2) is 53.2. The van der Waals surface area contributed by atoms with Gasteiger partial charge in [0.2, 0.25) is 5.91 Å². The molecule has 63 heavy (non-hydrogen) atoms. The summed E-state index contributed by atoms with van der Waals surface area (Å²) in [5, 5.41) is 33.4. The molecule has 0 bridgehead atoms. The third-order valence-electron chi connectivity index (χ3n) is 13.1. The summed E-state index contributed by atoms with van der Waals surface area (Å²) in [4.78, 5) is 12.5. The zero-order valence-electron chi connectivity index (χ0n) is 42.5. The van der Waals surface area contributed by atoms with Crippen LogP contribution in [0.15, 0.2) is 36.5 Å². The predicted octanol–water partition coefficient (Wildman–Crippen LogP) is 17.4. The van der Waals surface area contributed by atoms with Crippen LogP contribution in [0.25, 0.3) is 0 Å². The highest BCUT2D eigenvalue weighted by atomic mass is 16.3. The van der Waals surface area contributed by atoms with Gasteiger partial charge in [-0.3, -0.25) is 4.79 Å². The molecule has 0 aromatic carbocycles. The lowest BCUT2D eigenvalue weighted by atomic mass is 10.0. The van der Waals surface area contributed by atoms with E-state index in [1.54, 1.807) is 6.08 Å². The summed E-state index contributed by atoms with van der Waals surface area (Å²) in [7, 11) is 0. The quantitative estimate of drug-likeness (QED) is 0.0362. The molecule has 0 aliphatic rings. The Hall–Kier alpha value is -1.43. The first-order valence-corrected chi connectivity index (χ1v) is 28.3. The van der Waals surface area contributed by atoms with E-state index >= 15 is 0 Å². The number of aliphatic hydroxyl groups is 3. The summed E-state index contributed by atoms with van der Waals surface area (Å²) in [6.45, 7) is 4.23. The number of rotatable bonds is 52. The minimum Gasteiger partial charge on any atom is -0.394 e. The van der Waals surface area contributed by atoms with Crippen molar-refractivity contribution in [2.24, 2.45) is 0 Å². The lowest BCUT2D eigenvalue weighted by molar-refractivity contribution is -0.124. The molecule has 0 saturated heterocycles. The first-order valence-electron chi connectivity index (χ1n) is 28.3. The molecule has 1 amide bonds. The van der Waals surface area contributed by atoms with Crippen LogP contribution in [-0.4, -0.2) is 46.1 Å². The van der Waals surface area contributed by atoms with Crippen LogP contribution in [0, 0.1) is 0 Å². The molecule has 0 heterocycles. The Balaban J connectivity index is 3.54. The van der Waals surface area contributed by atoms with Crippen molar-refractivity contribution >= 4 is 5.91 Å². The summed E-state index contributed by atoms with van der Waals surface area (Å²) in [5.74, 6) is -0.322. The van der Waals surface area contributed by atoms with Crippen LogP contribution < -0.4 is 5.32 Å². The summed E-state index contributed by atoms with van der Waals surface area (Å²) in [6.07, 6.45) is 69.1. The van der Waals surface area contributed by atoms with Gasteiger partial charge in [-0.1, -0.05) is 275 Å². The van der Waals surface area contributed by atoms with Crippen molar-refractivity contribution in [2.75, 3.05) is 6.61 Å². The summed E-state index contributed by atoms with van der Waals surface area (Å²) in [5.41, 5.74) is 0. The number of nitrogens with one attached hydrogen (secondary N) is 1. The molecule has 3 atom stereocenters. The van der Waals surface area contributed by atoms with Gasteiger partial charge in [-0.25, -0.2) is 0 Å². The van der Waals surface area contributed by atoms with E-state index in [0.717, 1.165) is 32.1 Å². The van der Waals surface area contributed by atoms with Gasteiger partial charge in [-0.2, -0.15) is 0 Å². The Morgan fingerprint density at radius 2 is 0.683 bits per heavy atom. The van der Waals surface area contributed by atoms with Crippen LogP contribution in [0.1, 0.15) is 303 Å². The molecule has 0 aliphatic heterocycles. The van der Waals surface area contributed by atoms with Gasteiger partial charge in [0.25, 0.3) is 0 Å². The minimum absolute atomic E-state index is 0.00798. The third-order valence-corrected chi connectivity index (χ3v) is 13.1. The second-order valence-corrected chi connectivity index (χ2v) is 19.5. The van der Waals surface area contributed by atoms with Crippen molar-refractivity contribution in [3.05, 3.63) is 36.5 Å². The van der Waals surface area contributed by atoms with Crippen molar-refractivity contribution in [1.29, 1.82) is 0 Å². The summed E-state index contributed by atoms with van der Waals surface area (Å²) < 4.78 is 0. The summed E-state index contributed by atoms with van der Waals surface area (Å²) >= 11 is 0. The molecule has 0 spiro atoms. The number of amides is 1. The van der Waals surface area contributed by atoms with Crippen LogP contribution in [0.2, 0.25) is 0 Å². The molecule has 5 heteroatoms. The molecule has 4 N–H and O–H groups in total. The van der Waals surface area contributed by atoms with Crippen molar-refractivity contribution in [1.82, 2.24) is 5.32 Å². The molecule has 0 fully saturated rings. The molecule has 0 rings (SSSR count). The Morgan fingerprint density at radius 3 is 1.02 bits per heavy atom. The van der Waals surface area contributed by atoms with E-state index in [-0.39, 0.29) is 18.9 Å². The van der Waals surface area contributed by atoms with Gasteiger partial charge >= 0.3 is 0 Å². The molecular formula is C58H111NO4. The molecule has 0 aromatic rings. The highest BCUT2D eigenvalue weighted by Gasteiger charge is 2.20. The van der Waals surface area contributed by atoms with Gasteiger partial charge in [-0.15, -0.1) is 0 Å². The SMILES string of the molecule is CCCCCCCCCCCCC/C=C/CC/C=C/C(O)C(CO)NC(=O)CC(O)CCCCCCCCCCCCCCCCC/C=C\CCCCCCCCCCCCCC. The molecular weight excluding hydrogens is 775 g/mol. The Bertz CT molecular complexity index is 978. The minimum atomic E-state index is -0.951.